The van der Waals surface area contributed by atoms with Crippen molar-refractivity contribution in [2.75, 3.05) is 18.6 Å². The average molecular weight is 432 g/mol. The van der Waals surface area contributed by atoms with E-state index in [1.807, 2.05) is 35.9 Å². The van der Waals surface area contributed by atoms with Crippen LogP contribution in [0.15, 0.2) is 35.1 Å². The van der Waals surface area contributed by atoms with Gasteiger partial charge in [-0.3, -0.25) is 9.69 Å². The van der Waals surface area contributed by atoms with Crippen LogP contribution in [0, 0.1) is 13.8 Å². The first-order valence-electron chi connectivity index (χ1n) is 9.31. The lowest BCUT2D eigenvalue weighted by Crippen LogP contribution is -2.23. The van der Waals surface area contributed by atoms with Gasteiger partial charge in [-0.2, -0.15) is 0 Å². The molecule has 0 N–H and O–H groups in total. The summed E-state index contributed by atoms with van der Waals surface area (Å²) in [5.74, 6) is 0.612. The van der Waals surface area contributed by atoms with Gasteiger partial charge in [0.05, 0.1) is 11.4 Å². The van der Waals surface area contributed by atoms with Gasteiger partial charge < -0.3 is 9.30 Å². The van der Waals surface area contributed by atoms with Gasteiger partial charge in [-0.25, -0.2) is 4.98 Å². The SMILES string of the molecule is COCCCn1cnnc1SCc1csc(N(C(C)=O)c2ccc(C)cc2C)n1. The first-order valence-corrected chi connectivity index (χ1v) is 11.2. The van der Waals surface area contributed by atoms with E-state index in [9.17, 15) is 4.79 Å². The normalized spacial score (nSPS) is 11.0. The minimum absolute atomic E-state index is 0.0524. The molecule has 0 bridgehead atoms. The molecule has 0 radical (unpaired) electrons. The third-order valence-corrected chi connectivity index (χ3v) is 6.20. The largest absolute Gasteiger partial charge is 0.385 e. The molecular weight excluding hydrogens is 406 g/mol. The molecule has 0 saturated heterocycles. The fourth-order valence-electron chi connectivity index (χ4n) is 2.96. The zero-order valence-corrected chi connectivity index (χ0v) is 18.7. The van der Waals surface area contributed by atoms with Crippen molar-refractivity contribution in [2.45, 2.75) is 44.6 Å². The van der Waals surface area contributed by atoms with Crippen LogP contribution in [-0.4, -0.2) is 39.4 Å². The van der Waals surface area contributed by atoms with Crippen LogP contribution in [0.5, 0.6) is 0 Å². The molecule has 0 aliphatic heterocycles. The standard InChI is InChI=1S/C20H25N5O2S2/c1-14-6-7-18(15(2)10-14)25(16(3)26)19-22-17(11-28-19)12-29-20-23-21-13-24(20)8-5-9-27-4/h6-7,10-11,13H,5,8-9,12H2,1-4H3. The fourth-order valence-corrected chi connectivity index (χ4v) is 4.78. The summed E-state index contributed by atoms with van der Waals surface area (Å²) in [5.41, 5.74) is 4.00. The number of thiazole rings is 1. The first kappa shape index (κ1) is 21.5. The second kappa shape index (κ2) is 10.00. The van der Waals surface area contributed by atoms with Crippen LogP contribution in [0.2, 0.25) is 0 Å². The summed E-state index contributed by atoms with van der Waals surface area (Å²) < 4.78 is 7.13. The Hall–Kier alpha value is -2.23. The van der Waals surface area contributed by atoms with Crippen LogP contribution in [0.3, 0.4) is 0 Å². The Morgan fingerprint density at radius 2 is 2.17 bits per heavy atom. The molecule has 29 heavy (non-hydrogen) atoms. The summed E-state index contributed by atoms with van der Waals surface area (Å²) in [6, 6.07) is 6.06. The number of aryl methyl sites for hydroxylation is 3. The summed E-state index contributed by atoms with van der Waals surface area (Å²) in [7, 11) is 1.70. The van der Waals surface area contributed by atoms with E-state index < -0.39 is 0 Å². The maximum absolute atomic E-state index is 12.4. The second-order valence-corrected chi connectivity index (χ2v) is 8.49. The monoisotopic (exact) mass is 431 g/mol. The summed E-state index contributed by atoms with van der Waals surface area (Å²) in [6.07, 6.45) is 2.65. The van der Waals surface area contributed by atoms with Gasteiger partial charge >= 0.3 is 0 Å². The molecular formula is C20H25N5O2S2. The molecule has 9 heteroatoms. The van der Waals surface area contributed by atoms with E-state index in [1.165, 1.54) is 16.9 Å². The maximum Gasteiger partial charge on any atom is 0.230 e. The van der Waals surface area contributed by atoms with Gasteiger partial charge in [0.1, 0.15) is 6.33 Å². The maximum atomic E-state index is 12.4. The Labute approximate surface area is 179 Å². The summed E-state index contributed by atoms with van der Waals surface area (Å²) >= 11 is 3.06. The van der Waals surface area contributed by atoms with Gasteiger partial charge in [-0.05, 0) is 31.9 Å². The van der Waals surface area contributed by atoms with Crippen molar-refractivity contribution in [3.8, 4) is 0 Å². The van der Waals surface area contributed by atoms with E-state index in [0.717, 1.165) is 35.1 Å². The number of benzene rings is 1. The predicted octanol–water partition coefficient (Wildman–Crippen LogP) is 4.36. The van der Waals surface area contributed by atoms with Crippen LogP contribution in [0.25, 0.3) is 0 Å². The van der Waals surface area contributed by atoms with Crippen LogP contribution in [0.1, 0.15) is 30.2 Å². The zero-order chi connectivity index (χ0) is 20.8. The Morgan fingerprint density at radius 1 is 1.34 bits per heavy atom. The molecule has 1 aromatic carbocycles. The molecule has 2 heterocycles. The molecule has 3 rings (SSSR count). The zero-order valence-electron chi connectivity index (χ0n) is 17.1. The van der Waals surface area contributed by atoms with Gasteiger partial charge in [-0.15, -0.1) is 21.5 Å². The van der Waals surface area contributed by atoms with Crippen LogP contribution >= 0.6 is 23.1 Å². The highest BCUT2D eigenvalue weighted by Gasteiger charge is 2.20. The lowest BCUT2D eigenvalue weighted by atomic mass is 10.1. The molecule has 0 spiro atoms. The molecule has 3 aromatic rings. The van der Waals surface area contributed by atoms with Gasteiger partial charge in [-0.1, -0.05) is 29.5 Å². The van der Waals surface area contributed by atoms with Gasteiger partial charge in [0.15, 0.2) is 10.3 Å². The van der Waals surface area contributed by atoms with Crippen molar-refractivity contribution in [1.29, 1.82) is 0 Å². The van der Waals surface area contributed by atoms with Crippen molar-refractivity contribution < 1.29 is 9.53 Å². The third-order valence-electron chi connectivity index (χ3n) is 4.32. The Morgan fingerprint density at radius 3 is 2.90 bits per heavy atom. The van der Waals surface area contributed by atoms with E-state index >= 15 is 0 Å². The van der Waals surface area contributed by atoms with Crippen molar-refractivity contribution in [2.24, 2.45) is 0 Å². The number of amides is 1. The van der Waals surface area contributed by atoms with Crippen molar-refractivity contribution in [1.82, 2.24) is 19.7 Å². The smallest absolute Gasteiger partial charge is 0.230 e. The lowest BCUT2D eigenvalue weighted by Gasteiger charge is -2.20. The molecule has 0 saturated carbocycles. The summed E-state index contributed by atoms with van der Waals surface area (Å²) in [4.78, 5) is 18.7. The highest BCUT2D eigenvalue weighted by Crippen LogP contribution is 2.33. The number of thioether (sulfide) groups is 1. The highest BCUT2D eigenvalue weighted by molar-refractivity contribution is 7.98. The number of carbonyl (C=O) groups excluding carboxylic acids is 1. The third kappa shape index (κ3) is 5.43. The lowest BCUT2D eigenvalue weighted by molar-refractivity contribution is -0.115. The van der Waals surface area contributed by atoms with Crippen molar-refractivity contribution >= 4 is 39.8 Å². The van der Waals surface area contributed by atoms with E-state index in [-0.39, 0.29) is 5.91 Å². The number of carbonyl (C=O) groups is 1. The number of ether oxygens (including phenoxy) is 1. The molecule has 0 atom stereocenters. The molecule has 154 valence electrons. The van der Waals surface area contributed by atoms with Gasteiger partial charge in [0.25, 0.3) is 0 Å². The first-order chi connectivity index (χ1) is 14.0. The predicted molar refractivity (Wildman–Crippen MR) is 117 cm³/mol. The second-order valence-electron chi connectivity index (χ2n) is 6.71. The Kier molecular flexibility index (Phi) is 7.40. The molecule has 0 unspecified atom stereocenters. The van der Waals surface area contributed by atoms with Crippen LogP contribution in [-0.2, 0) is 21.8 Å². The Bertz CT molecular complexity index is 969. The number of hydrogen-bond acceptors (Lipinski definition) is 7. The summed E-state index contributed by atoms with van der Waals surface area (Å²) in [5, 5.41) is 11.7. The molecule has 1 amide bonds. The van der Waals surface area contributed by atoms with Crippen molar-refractivity contribution in [3.05, 3.63) is 46.7 Å². The quantitative estimate of drug-likeness (QED) is 0.370. The topological polar surface area (TPSA) is 73.1 Å². The minimum Gasteiger partial charge on any atom is -0.385 e. The molecule has 2 aromatic heterocycles. The number of aromatic nitrogens is 4. The minimum atomic E-state index is -0.0524. The number of hydrogen-bond donors (Lipinski definition) is 0. The van der Waals surface area contributed by atoms with Gasteiger partial charge in [0.2, 0.25) is 5.91 Å². The number of anilines is 2. The average Bonchev–Trinajstić information content (AvgIpc) is 3.31. The summed E-state index contributed by atoms with van der Waals surface area (Å²) in [6.45, 7) is 7.14. The van der Waals surface area contributed by atoms with Crippen molar-refractivity contribution in [3.63, 3.8) is 0 Å². The molecule has 0 aliphatic rings. The molecule has 7 nitrogen and oxygen atoms in total. The molecule has 0 fully saturated rings. The van der Waals surface area contributed by atoms with E-state index in [0.29, 0.717) is 17.5 Å². The van der Waals surface area contributed by atoms with Gasteiger partial charge in [0, 0.05) is 38.3 Å². The Balaban J connectivity index is 1.71. The number of rotatable bonds is 9. The number of methoxy groups -OCH3 is 1. The van der Waals surface area contributed by atoms with E-state index in [4.69, 9.17) is 9.72 Å². The molecule has 0 aliphatic carbocycles. The van der Waals surface area contributed by atoms with E-state index in [1.54, 1.807) is 37.0 Å². The fraction of sp³-hybridized carbons (Fsp3) is 0.400. The van der Waals surface area contributed by atoms with Crippen LogP contribution < -0.4 is 4.90 Å². The van der Waals surface area contributed by atoms with E-state index in [2.05, 4.69) is 16.3 Å². The van der Waals surface area contributed by atoms with Crippen LogP contribution in [0.4, 0.5) is 10.8 Å². The highest BCUT2D eigenvalue weighted by atomic mass is 32.2. The number of nitrogens with zero attached hydrogens (tertiary/aromatic N) is 5.